The van der Waals surface area contributed by atoms with Crippen LogP contribution in [0.1, 0.15) is 489 Å². The third-order valence-electron chi connectivity index (χ3n) is 20.6. The van der Waals surface area contributed by atoms with E-state index >= 15 is 0 Å². The van der Waals surface area contributed by atoms with Crippen LogP contribution in [0, 0.1) is 0 Å². The zero-order valence-corrected chi connectivity index (χ0v) is 65.1. The maximum absolute atomic E-state index is 12.6. The second-order valence-corrected chi connectivity index (χ2v) is 30.2. The van der Waals surface area contributed by atoms with Crippen LogP contribution in [0.2, 0.25) is 0 Å². The van der Waals surface area contributed by atoms with Crippen LogP contribution < -0.4 is 5.32 Å². The van der Waals surface area contributed by atoms with Gasteiger partial charge >= 0.3 is 5.97 Å². The summed E-state index contributed by atoms with van der Waals surface area (Å²) in [6.45, 7) is 4.98. The number of unbranched alkanes of at least 4 members (excludes halogenated alkanes) is 64. The molecule has 2 unspecified atom stereocenters. The Kier molecular flexibility index (Phi) is 83.3. The Morgan fingerprint density at radius 1 is 0.292 bits per heavy atom. The molecule has 0 aliphatic rings. The van der Waals surface area contributed by atoms with E-state index in [0.29, 0.717) is 25.9 Å². The first-order chi connectivity index (χ1) is 47.5. The average Bonchev–Trinajstić information content (AvgIpc) is 3.22. The summed E-state index contributed by atoms with van der Waals surface area (Å²) in [5, 5.41) is 23.5. The third-order valence-corrected chi connectivity index (χ3v) is 20.6. The van der Waals surface area contributed by atoms with Gasteiger partial charge < -0.3 is 20.3 Å². The fourth-order valence-corrected chi connectivity index (χ4v) is 13.9. The fourth-order valence-electron chi connectivity index (χ4n) is 13.9. The van der Waals surface area contributed by atoms with E-state index in [9.17, 15) is 19.8 Å². The normalized spacial score (nSPS) is 12.7. The number of esters is 1. The number of aliphatic hydroxyl groups excluding tert-OH is 2. The Hall–Kier alpha value is -2.18. The van der Waals surface area contributed by atoms with Gasteiger partial charge in [-0.1, -0.05) is 435 Å². The van der Waals surface area contributed by atoms with E-state index in [4.69, 9.17) is 4.74 Å². The predicted molar refractivity (Wildman–Crippen MR) is 426 cm³/mol. The Labute approximate surface area is 601 Å². The molecule has 2 atom stereocenters. The molecular weight excluding hydrogens is 1170 g/mol. The SMILES string of the molecule is CCCCC/C=C\C/C=C\CCCCCCCCCCCC(=O)OCCCCCCCCCCCCCCCCC/C=C\C/C=C\CCCCCCCCCCCCCCCCCCCC(=O)NC(CO)C(O)CCCCCCCCCCCCCCCCCCCCCCC. The molecule has 0 aromatic heterocycles. The molecule has 6 heteroatoms. The molecule has 0 aliphatic heterocycles. The molecule has 0 radical (unpaired) electrons. The van der Waals surface area contributed by atoms with Crippen LogP contribution in [0.25, 0.3) is 0 Å². The topological polar surface area (TPSA) is 95.9 Å². The largest absolute Gasteiger partial charge is 0.466 e. The number of amides is 1. The molecule has 3 N–H and O–H groups in total. The smallest absolute Gasteiger partial charge is 0.305 e. The van der Waals surface area contributed by atoms with Gasteiger partial charge in [-0.2, -0.15) is 0 Å². The molecule has 0 heterocycles. The Bertz CT molecular complexity index is 1600. The van der Waals surface area contributed by atoms with E-state index in [1.54, 1.807) is 0 Å². The summed E-state index contributed by atoms with van der Waals surface area (Å²) in [5.74, 6) is -0.00937. The number of carbonyl (C=O) groups is 2. The summed E-state index contributed by atoms with van der Waals surface area (Å²) >= 11 is 0. The van der Waals surface area contributed by atoms with E-state index in [-0.39, 0.29) is 18.5 Å². The number of hydrogen-bond acceptors (Lipinski definition) is 5. The lowest BCUT2D eigenvalue weighted by Crippen LogP contribution is -2.45. The highest BCUT2D eigenvalue weighted by molar-refractivity contribution is 5.76. The molecule has 6 nitrogen and oxygen atoms in total. The first-order valence-electron chi connectivity index (χ1n) is 43.9. The molecular formula is C90H171NO5. The van der Waals surface area contributed by atoms with E-state index in [2.05, 4.69) is 67.8 Å². The van der Waals surface area contributed by atoms with E-state index in [1.165, 1.54) is 398 Å². The highest BCUT2D eigenvalue weighted by Crippen LogP contribution is 2.21. The van der Waals surface area contributed by atoms with Crippen LogP contribution in [-0.2, 0) is 14.3 Å². The highest BCUT2D eigenvalue weighted by Gasteiger charge is 2.20. The lowest BCUT2D eigenvalue weighted by atomic mass is 10.0. The number of nitrogens with one attached hydrogen (secondary N) is 1. The second kappa shape index (κ2) is 85.2. The minimum Gasteiger partial charge on any atom is -0.466 e. The number of ether oxygens (including phenoxy) is 1. The van der Waals surface area contributed by atoms with Crippen LogP contribution >= 0.6 is 0 Å². The van der Waals surface area contributed by atoms with Crippen molar-refractivity contribution < 1.29 is 24.5 Å². The van der Waals surface area contributed by atoms with Crippen molar-refractivity contribution in [2.24, 2.45) is 0 Å². The quantitative estimate of drug-likeness (QED) is 0.0320. The molecule has 566 valence electrons. The Morgan fingerprint density at radius 2 is 0.521 bits per heavy atom. The molecule has 96 heavy (non-hydrogen) atoms. The summed E-state index contributed by atoms with van der Waals surface area (Å²) < 4.78 is 5.52. The monoisotopic (exact) mass is 1350 g/mol. The van der Waals surface area contributed by atoms with Gasteiger partial charge in [-0.05, 0) is 89.9 Å². The van der Waals surface area contributed by atoms with Crippen LogP contribution in [0.15, 0.2) is 48.6 Å². The van der Waals surface area contributed by atoms with Gasteiger partial charge in [0, 0.05) is 12.8 Å². The molecule has 0 bridgehead atoms. The summed E-state index contributed by atoms with van der Waals surface area (Å²) in [5.41, 5.74) is 0. The zero-order valence-electron chi connectivity index (χ0n) is 65.1. The molecule has 0 saturated carbocycles. The van der Waals surface area contributed by atoms with Gasteiger partial charge in [-0.15, -0.1) is 0 Å². The van der Waals surface area contributed by atoms with E-state index < -0.39 is 12.1 Å². The molecule has 0 saturated heterocycles. The van der Waals surface area contributed by atoms with Gasteiger partial charge in [0.15, 0.2) is 0 Å². The fraction of sp³-hybridized carbons (Fsp3) is 0.889. The van der Waals surface area contributed by atoms with Gasteiger partial charge in [-0.3, -0.25) is 9.59 Å². The van der Waals surface area contributed by atoms with Crippen molar-refractivity contribution in [3.05, 3.63) is 48.6 Å². The Balaban J connectivity index is 3.35. The lowest BCUT2D eigenvalue weighted by molar-refractivity contribution is -0.143. The number of hydrogen-bond donors (Lipinski definition) is 3. The number of carbonyl (C=O) groups excluding carboxylic acids is 2. The van der Waals surface area contributed by atoms with Gasteiger partial charge in [0.25, 0.3) is 0 Å². The average molecular weight is 1350 g/mol. The standard InChI is InChI=1S/C90H171NO5/c1-3-5-7-9-11-13-15-17-19-21-23-43-47-50-54-58-62-66-70-74-78-82-88(93)87(86-92)91-89(94)83-79-75-71-67-63-59-55-51-48-44-41-39-37-35-33-31-29-27-25-24-26-28-30-32-34-36-38-40-42-45-49-53-57-61-65-69-73-77-81-85-96-90(95)84-80-76-72-68-64-60-56-52-46-22-20-18-16-14-12-10-8-6-4-2/h12,14,18,20,24-25,28,30,87-88,92-93H,3-11,13,15-17,19,21-23,26-27,29,31-86H2,1-2H3,(H,91,94)/b14-12-,20-18-,25-24-,30-28-. The summed E-state index contributed by atoms with van der Waals surface area (Å²) in [6, 6.07) is -0.541. The van der Waals surface area contributed by atoms with Gasteiger partial charge in [-0.25, -0.2) is 0 Å². The minimum absolute atomic E-state index is 0.0173. The second-order valence-electron chi connectivity index (χ2n) is 30.2. The first-order valence-corrected chi connectivity index (χ1v) is 43.9. The van der Waals surface area contributed by atoms with E-state index in [0.717, 1.165) is 57.8 Å². The molecule has 0 aliphatic carbocycles. The Morgan fingerprint density at radius 3 is 0.812 bits per heavy atom. The lowest BCUT2D eigenvalue weighted by Gasteiger charge is -2.22. The van der Waals surface area contributed by atoms with Gasteiger partial charge in [0.05, 0.1) is 25.4 Å². The minimum atomic E-state index is -0.664. The van der Waals surface area contributed by atoms with Crippen molar-refractivity contribution in [2.75, 3.05) is 13.2 Å². The van der Waals surface area contributed by atoms with Crippen molar-refractivity contribution in [3.63, 3.8) is 0 Å². The van der Waals surface area contributed by atoms with Crippen LogP contribution in [-0.4, -0.2) is 47.4 Å². The molecule has 0 fully saturated rings. The predicted octanol–water partition coefficient (Wildman–Crippen LogP) is 29.5. The van der Waals surface area contributed by atoms with Crippen LogP contribution in [0.5, 0.6) is 0 Å². The molecule has 0 spiro atoms. The molecule has 0 aromatic rings. The summed E-state index contributed by atoms with van der Waals surface area (Å²) in [7, 11) is 0. The van der Waals surface area contributed by atoms with Crippen LogP contribution in [0.4, 0.5) is 0 Å². The summed E-state index contributed by atoms with van der Waals surface area (Å²) in [6.07, 6.45) is 114. The van der Waals surface area contributed by atoms with Crippen molar-refractivity contribution >= 4 is 11.9 Å². The van der Waals surface area contributed by atoms with Crippen molar-refractivity contribution in [3.8, 4) is 0 Å². The van der Waals surface area contributed by atoms with Crippen molar-refractivity contribution in [1.82, 2.24) is 5.32 Å². The maximum atomic E-state index is 12.6. The molecule has 1 amide bonds. The van der Waals surface area contributed by atoms with Crippen LogP contribution in [0.3, 0.4) is 0 Å². The zero-order chi connectivity index (χ0) is 69.1. The van der Waals surface area contributed by atoms with Gasteiger partial charge in [0.2, 0.25) is 5.91 Å². The summed E-state index contributed by atoms with van der Waals surface area (Å²) in [4.78, 5) is 24.7. The molecule has 0 rings (SSSR count). The van der Waals surface area contributed by atoms with Crippen molar-refractivity contribution in [2.45, 2.75) is 501 Å². The molecule has 0 aromatic carbocycles. The number of aliphatic hydroxyl groups is 2. The maximum Gasteiger partial charge on any atom is 0.305 e. The highest BCUT2D eigenvalue weighted by atomic mass is 16.5. The van der Waals surface area contributed by atoms with Gasteiger partial charge in [0.1, 0.15) is 0 Å². The third kappa shape index (κ3) is 80.8. The number of rotatable bonds is 83. The van der Waals surface area contributed by atoms with Crippen molar-refractivity contribution in [1.29, 1.82) is 0 Å². The number of allylic oxidation sites excluding steroid dienone is 8. The first kappa shape index (κ1) is 93.8. The van der Waals surface area contributed by atoms with E-state index in [1.807, 2.05) is 0 Å².